The summed E-state index contributed by atoms with van der Waals surface area (Å²) in [4.78, 5) is 29.9. The van der Waals surface area contributed by atoms with Crippen LogP contribution in [0.2, 0.25) is 0 Å². The fourth-order valence-electron chi connectivity index (χ4n) is 2.79. The lowest BCUT2D eigenvalue weighted by Crippen LogP contribution is -2.44. The smallest absolute Gasteiger partial charge is 0.273 e. The minimum Gasteiger partial charge on any atom is -0.334 e. The van der Waals surface area contributed by atoms with Crippen molar-refractivity contribution in [1.82, 2.24) is 9.88 Å². The lowest BCUT2D eigenvalue weighted by atomic mass is 9.80. The monoisotopic (exact) mass is 309 g/mol. The topological polar surface area (TPSA) is 62.3 Å². The maximum absolute atomic E-state index is 12.7. The standard InChI is InChI=1S/C15H23N3O2S/c1-5-15(3,4)12-7-6-8-18(12)13(20)11-9-21-14(17-11)16-10(2)19/h9,12H,5-8H2,1-4H3,(H,16,17,19). The first-order valence-electron chi connectivity index (χ1n) is 7.39. The van der Waals surface area contributed by atoms with Crippen molar-refractivity contribution in [2.75, 3.05) is 11.9 Å². The fourth-order valence-corrected chi connectivity index (χ4v) is 3.52. The van der Waals surface area contributed by atoms with E-state index in [1.54, 1.807) is 5.38 Å². The lowest BCUT2D eigenvalue weighted by molar-refractivity contribution is -0.114. The molecule has 21 heavy (non-hydrogen) atoms. The predicted octanol–water partition coefficient (Wildman–Crippen LogP) is 3.14. The molecule has 5 nitrogen and oxygen atoms in total. The second-order valence-corrected chi connectivity index (χ2v) is 7.08. The molecule has 1 aromatic rings. The van der Waals surface area contributed by atoms with Crippen LogP contribution in [0.1, 0.15) is 57.4 Å². The summed E-state index contributed by atoms with van der Waals surface area (Å²) in [5, 5.41) is 4.83. The Morgan fingerprint density at radius 2 is 2.24 bits per heavy atom. The number of hydrogen-bond acceptors (Lipinski definition) is 4. The van der Waals surface area contributed by atoms with Crippen molar-refractivity contribution in [2.24, 2.45) is 5.41 Å². The summed E-state index contributed by atoms with van der Waals surface area (Å²) in [6.45, 7) is 8.82. The highest BCUT2D eigenvalue weighted by molar-refractivity contribution is 7.14. The van der Waals surface area contributed by atoms with E-state index in [2.05, 4.69) is 31.1 Å². The van der Waals surface area contributed by atoms with Gasteiger partial charge in [-0.05, 0) is 24.7 Å². The number of nitrogens with zero attached hydrogens (tertiary/aromatic N) is 2. The van der Waals surface area contributed by atoms with Crippen LogP contribution in [-0.2, 0) is 4.79 Å². The van der Waals surface area contributed by atoms with E-state index < -0.39 is 0 Å². The molecule has 0 spiro atoms. The third-order valence-electron chi connectivity index (χ3n) is 4.33. The SMILES string of the molecule is CCC(C)(C)C1CCCN1C(=O)c1csc(NC(C)=O)n1. The molecule has 0 saturated carbocycles. The van der Waals surface area contributed by atoms with Crippen LogP contribution < -0.4 is 5.32 Å². The van der Waals surface area contributed by atoms with Gasteiger partial charge in [0.05, 0.1) is 0 Å². The van der Waals surface area contributed by atoms with E-state index in [9.17, 15) is 9.59 Å². The molecule has 1 N–H and O–H groups in total. The van der Waals surface area contributed by atoms with Gasteiger partial charge >= 0.3 is 0 Å². The number of anilines is 1. The molecule has 6 heteroatoms. The molecule has 2 rings (SSSR count). The summed E-state index contributed by atoms with van der Waals surface area (Å²) in [7, 11) is 0. The van der Waals surface area contributed by atoms with Crippen molar-refractivity contribution in [3.63, 3.8) is 0 Å². The van der Waals surface area contributed by atoms with Gasteiger partial charge in [0.2, 0.25) is 5.91 Å². The van der Waals surface area contributed by atoms with E-state index >= 15 is 0 Å². The Balaban J connectivity index is 2.15. The fraction of sp³-hybridized carbons (Fsp3) is 0.667. The molecule has 1 aliphatic heterocycles. The largest absolute Gasteiger partial charge is 0.334 e. The molecule has 0 aromatic carbocycles. The summed E-state index contributed by atoms with van der Waals surface area (Å²) >= 11 is 1.29. The van der Waals surface area contributed by atoms with Gasteiger partial charge in [-0.25, -0.2) is 4.98 Å². The average Bonchev–Trinajstić information content (AvgIpc) is 3.06. The van der Waals surface area contributed by atoms with Crippen molar-refractivity contribution in [3.05, 3.63) is 11.1 Å². The number of amides is 2. The normalized spacial score (nSPS) is 18.9. The zero-order valence-electron chi connectivity index (χ0n) is 13.1. The van der Waals surface area contributed by atoms with Gasteiger partial charge in [0.1, 0.15) is 5.69 Å². The second kappa shape index (κ2) is 6.13. The molecule has 2 amide bonds. The third kappa shape index (κ3) is 3.43. The Morgan fingerprint density at radius 3 is 2.86 bits per heavy atom. The minimum absolute atomic E-state index is 0.0214. The van der Waals surface area contributed by atoms with Crippen LogP contribution in [0.25, 0.3) is 0 Å². The van der Waals surface area contributed by atoms with Gasteiger partial charge in [0, 0.05) is 24.9 Å². The first-order chi connectivity index (χ1) is 9.85. The van der Waals surface area contributed by atoms with Crippen LogP contribution >= 0.6 is 11.3 Å². The molecule has 1 aliphatic rings. The van der Waals surface area contributed by atoms with E-state index in [1.807, 2.05) is 4.90 Å². The van der Waals surface area contributed by atoms with Crippen LogP contribution in [0.5, 0.6) is 0 Å². The Morgan fingerprint density at radius 1 is 1.52 bits per heavy atom. The summed E-state index contributed by atoms with van der Waals surface area (Å²) in [5.74, 6) is -0.193. The van der Waals surface area contributed by atoms with Crippen LogP contribution in [0, 0.1) is 5.41 Å². The van der Waals surface area contributed by atoms with E-state index in [1.165, 1.54) is 18.3 Å². The van der Waals surface area contributed by atoms with Gasteiger partial charge in [0.25, 0.3) is 5.91 Å². The van der Waals surface area contributed by atoms with Crippen molar-refractivity contribution in [1.29, 1.82) is 0 Å². The highest BCUT2D eigenvalue weighted by Gasteiger charge is 2.39. The zero-order chi connectivity index (χ0) is 15.6. The maximum Gasteiger partial charge on any atom is 0.273 e. The molecule has 2 heterocycles. The Bertz CT molecular complexity index is 539. The summed E-state index contributed by atoms with van der Waals surface area (Å²) in [6.07, 6.45) is 3.13. The van der Waals surface area contributed by atoms with Crippen LogP contribution in [0.3, 0.4) is 0 Å². The van der Waals surface area contributed by atoms with Crippen molar-refractivity contribution < 1.29 is 9.59 Å². The quantitative estimate of drug-likeness (QED) is 0.929. The van der Waals surface area contributed by atoms with E-state index in [-0.39, 0.29) is 23.3 Å². The predicted molar refractivity (Wildman–Crippen MR) is 84.5 cm³/mol. The van der Waals surface area contributed by atoms with Crippen LogP contribution in [0.15, 0.2) is 5.38 Å². The number of rotatable bonds is 4. The average molecular weight is 309 g/mol. The van der Waals surface area contributed by atoms with Crippen LogP contribution in [0.4, 0.5) is 5.13 Å². The molecule has 1 unspecified atom stereocenters. The van der Waals surface area contributed by atoms with Gasteiger partial charge < -0.3 is 10.2 Å². The number of carbonyl (C=O) groups is 2. The number of hydrogen-bond donors (Lipinski definition) is 1. The second-order valence-electron chi connectivity index (χ2n) is 6.22. The molecule has 0 aliphatic carbocycles. The molecular formula is C15H23N3O2S. The Hall–Kier alpha value is -1.43. The molecule has 0 bridgehead atoms. The van der Waals surface area contributed by atoms with E-state index in [4.69, 9.17) is 0 Å². The summed E-state index contributed by atoms with van der Waals surface area (Å²) < 4.78 is 0. The number of thiazole rings is 1. The van der Waals surface area contributed by atoms with E-state index in [0.717, 1.165) is 25.8 Å². The molecule has 0 radical (unpaired) electrons. The van der Waals surface area contributed by atoms with Gasteiger partial charge in [-0.3, -0.25) is 9.59 Å². The summed E-state index contributed by atoms with van der Waals surface area (Å²) in [5.41, 5.74) is 0.547. The maximum atomic E-state index is 12.7. The third-order valence-corrected chi connectivity index (χ3v) is 5.09. The van der Waals surface area contributed by atoms with Gasteiger partial charge in [-0.15, -0.1) is 11.3 Å². The molecule has 1 fully saturated rings. The number of aromatic nitrogens is 1. The summed E-state index contributed by atoms with van der Waals surface area (Å²) in [6, 6.07) is 0.265. The zero-order valence-corrected chi connectivity index (χ0v) is 13.9. The Kier molecular flexibility index (Phi) is 4.66. The number of likely N-dealkylation sites (tertiary alicyclic amines) is 1. The molecule has 1 saturated heterocycles. The van der Waals surface area contributed by atoms with Gasteiger partial charge in [0.15, 0.2) is 5.13 Å². The number of carbonyl (C=O) groups excluding carboxylic acids is 2. The van der Waals surface area contributed by atoms with Crippen LogP contribution in [-0.4, -0.2) is 34.3 Å². The van der Waals surface area contributed by atoms with Gasteiger partial charge in [-0.2, -0.15) is 0 Å². The van der Waals surface area contributed by atoms with Crippen molar-refractivity contribution in [2.45, 2.75) is 53.0 Å². The lowest BCUT2D eigenvalue weighted by Gasteiger charge is -2.37. The van der Waals surface area contributed by atoms with Gasteiger partial charge in [-0.1, -0.05) is 20.8 Å². The van der Waals surface area contributed by atoms with E-state index in [0.29, 0.717) is 10.8 Å². The Labute approximate surface area is 129 Å². The molecular weight excluding hydrogens is 286 g/mol. The first kappa shape index (κ1) is 15.9. The number of nitrogens with one attached hydrogen (secondary N) is 1. The van der Waals surface area contributed by atoms with Crippen molar-refractivity contribution >= 4 is 28.3 Å². The molecule has 1 aromatic heterocycles. The highest BCUT2D eigenvalue weighted by Crippen LogP contribution is 2.36. The highest BCUT2D eigenvalue weighted by atomic mass is 32.1. The molecule has 1 atom stereocenters. The first-order valence-corrected chi connectivity index (χ1v) is 8.27. The minimum atomic E-state index is -0.172. The molecule has 116 valence electrons. The van der Waals surface area contributed by atoms with Crippen molar-refractivity contribution in [3.8, 4) is 0 Å².